The van der Waals surface area contributed by atoms with Gasteiger partial charge in [0.2, 0.25) is 0 Å². The summed E-state index contributed by atoms with van der Waals surface area (Å²) in [6.45, 7) is 1.72. The Morgan fingerprint density at radius 3 is 2.82 bits per heavy atom. The van der Waals surface area contributed by atoms with Gasteiger partial charge in [0, 0.05) is 20.0 Å². The van der Waals surface area contributed by atoms with Gasteiger partial charge in [-0.15, -0.1) is 0 Å². The molecule has 0 bridgehead atoms. The zero-order valence-electron chi connectivity index (χ0n) is 9.86. The van der Waals surface area contributed by atoms with Gasteiger partial charge in [0.05, 0.1) is 12.6 Å². The van der Waals surface area contributed by atoms with Crippen LogP contribution in [-0.4, -0.2) is 37.0 Å². The molecule has 3 rings (SSSR count). The van der Waals surface area contributed by atoms with E-state index in [1.807, 2.05) is 42.3 Å². The van der Waals surface area contributed by atoms with E-state index in [0.29, 0.717) is 6.42 Å². The molecule has 1 N–H and O–H groups in total. The summed E-state index contributed by atoms with van der Waals surface area (Å²) < 4.78 is 14.5. The van der Waals surface area contributed by atoms with E-state index in [0.717, 1.165) is 24.6 Å². The maximum Gasteiger partial charge on any atom is 0.194 e. The van der Waals surface area contributed by atoms with Crippen molar-refractivity contribution in [2.24, 2.45) is 4.99 Å². The highest BCUT2D eigenvalue weighted by Crippen LogP contribution is 2.49. The Morgan fingerprint density at radius 2 is 2.18 bits per heavy atom. The molecule has 0 radical (unpaired) electrons. The lowest BCUT2D eigenvalue weighted by atomic mass is 10.1. The number of nitrogens with one attached hydrogen (secondary N) is 1. The highest BCUT2D eigenvalue weighted by atomic mass is 19.1. The summed E-state index contributed by atoms with van der Waals surface area (Å²) in [7, 11) is 1.98. The largest absolute Gasteiger partial charge is 0.350 e. The first-order chi connectivity index (χ1) is 8.20. The quantitative estimate of drug-likeness (QED) is 0.838. The van der Waals surface area contributed by atoms with Crippen LogP contribution in [0.3, 0.4) is 0 Å². The molecule has 1 aromatic carbocycles. The predicted octanol–water partition coefficient (Wildman–Crippen LogP) is 1.51. The molecule has 17 heavy (non-hydrogen) atoms. The highest BCUT2D eigenvalue weighted by Gasteiger charge is 2.57. The topological polar surface area (TPSA) is 27.6 Å². The zero-order valence-corrected chi connectivity index (χ0v) is 9.86. The number of guanidine groups is 1. The predicted molar refractivity (Wildman–Crippen MR) is 65.7 cm³/mol. The van der Waals surface area contributed by atoms with Crippen molar-refractivity contribution >= 4 is 5.96 Å². The number of aliphatic imine (C=N–C) groups is 1. The van der Waals surface area contributed by atoms with Gasteiger partial charge in [-0.05, 0) is 5.56 Å². The average molecular weight is 233 g/mol. The third-order valence-electron chi connectivity index (χ3n) is 3.51. The van der Waals surface area contributed by atoms with E-state index >= 15 is 0 Å². The van der Waals surface area contributed by atoms with E-state index in [1.54, 1.807) is 0 Å². The molecule has 0 amide bonds. The second-order valence-corrected chi connectivity index (χ2v) is 4.76. The van der Waals surface area contributed by atoms with Gasteiger partial charge >= 0.3 is 0 Å². The Bertz CT molecular complexity index is 445. The van der Waals surface area contributed by atoms with Gasteiger partial charge < -0.3 is 10.2 Å². The standard InChI is InChI=1S/C13H16FN3/c1-17-8-7-15-12(17)16-11-9-13(11,14)10-5-3-2-4-6-10/h2-6,11H,7-9H2,1H3,(H,15,16). The average Bonchev–Trinajstić information content (AvgIpc) is 2.83. The summed E-state index contributed by atoms with van der Waals surface area (Å²) in [4.78, 5) is 6.35. The van der Waals surface area contributed by atoms with Crippen LogP contribution in [-0.2, 0) is 5.67 Å². The molecule has 90 valence electrons. The first-order valence-corrected chi connectivity index (χ1v) is 5.97. The first kappa shape index (κ1) is 10.6. The van der Waals surface area contributed by atoms with Gasteiger partial charge in [-0.25, -0.2) is 4.39 Å². The van der Waals surface area contributed by atoms with E-state index in [2.05, 4.69) is 10.3 Å². The Morgan fingerprint density at radius 1 is 1.41 bits per heavy atom. The Balaban J connectivity index is 1.70. The fourth-order valence-electron chi connectivity index (χ4n) is 2.28. The number of likely N-dealkylation sites (N-methyl/N-ethyl adjacent to an activating group) is 1. The molecule has 0 aromatic heterocycles. The molecule has 4 heteroatoms. The van der Waals surface area contributed by atoms with Gasteiger partial charge in [0.1, 0.15) is 0 Å². The van der Waals surface area contributed by atoms with E-state index in [-0.39, 0.29) is 6.04 Å². The number of benzene rings is 1. The SMILES string of the molecule is CN1CCN=C1NC1CC1(F)c1ccccc1. The van der Waals surface area contributed by atoms with Crippen LogP contribution in [0.5, 0.6) is 0 Å². The van der Waals surface area contributed by atoms with Crippen LogP contribution in [0.4, 0.5) is 4.39 Å². The Labute approximate surface area is 100 Å². The number of halogens is 1. The number of nitrogens with zero attached hydrogens (tertiary/aromatic N) is 2. The molecule has 1 heterocycles. The lowest BCUT2D eigenvalue weighted by Crippen LogP contribution is -2.38. The Hall–Kier alpha value is -1.58. The van der Waals surface area contributed by atoms with Crippen LogP contribution < -0.4 is 5.32 Å². The molecule has 0 spiro atoms. The minimum absolute atomic E-state index is 0.135. The number of hydrogen-bond donors (Lipinski definition) is 1. The lowest BCUT2D eigenvalue weighted by molar-refractivity contribution is 0.299. The van der Waals surface area contributed by atoms with Gasteiger partial charge in [-0.2, -0.15) is 0 Å². The van der Waals surface area contributed by atoms with Crippen molar-refractivity contribution in [2.75, 3.05) is 20.1 Å². The number of alkyl halides is 1. The van der Waals surface area contributed by atoms with Crippen molar-refractivity contribution in [2.45, 2.75) is 18.1 Å². The van der Waals surface area contributed by atoms with Crippen molar-refractivity contribution in [3.05, 3.63) is 35.9 Å². The minimum Gasteiger partial charge on any atom is -0.350 e. The summed E-state index contributed by atoms with van der Waals surface area (Å²) >= 11 is 0. The summed E-state index contributed by atoms with van der Waals surface area (Å²) in [5, 5.41) is 3.19. The van der Waals surface area contributed by atoms with Gasteiger partial charge in [-0.3, -0.25) is 4.99 Å². The summed E-state index contributed by atoms with van der Waals surface area (Å²) in [5.74, 6) is 0.824. The van der Waals surface area contributed by atoms with Crippen LogP contribution in [0.25, 0.3) is 0 Å². The smallest absolute Gasteiger partial charge is 0.194 e. The third-order valence-corrected chi connectivity index (χ3v) is 3.51. The van der Waals surface area contributed by atoms with Crippen LogP contribution in [0.15, 0.2) is 35.3 Å². The van der Waals surface area contributed by atoms with Gasteiger partial charge in [0.25, 0.3) is 0 Å². The first-order valence-electron chi connectivity index (χ1n) is 5.97. The second kappa shape index (κ2) is 3.72. The van der Waals surface area contributed by atoms with Crippen molar-refractivity contribution in [1.29, 1.82) is 0 Å². The van der Waals surface area contributed by atoms with Crippen LogP contribution in [0.1, 0.15) is 12.0 Å². The zero-order chi connectivity index (χ0) is 11.9. The van der Waals surface area contributed by atoms with Gasteiger partial charge in [0.15, 0.2) is 11.6 Å². The molecule has 1 aromatic rings. The van der Waals surface area contributed by atoms with E-state index < -0.39 is 5.67 Å². The van der Waals surface area contributed by atoms with E-state index in [4.69, 9.17) is 0 Å². The number of hydrogen-bond acceptors (Lipinski definition) is 3. The third kappa shape index (κ3) is 1.77. The minimum atomic E-state index is -1.22. The number of rotatable bonds is 2. The lowest BCUT2D eigenvalue weighted by Gasteiger charge is -2.16. The molecule has 0 saturated heterocycles. The molecule has 2 unspecified atom stereocenters. The van der Waals surface area contributed by atoms with Crippen molar-refractivity contribution in [3.8, 4) is 0 Å². The van der Waals surface area contributed by atoms with Crippen molar-refractivity contribution < 1.29 is 4.39 Å². The van der Waals surface area contributed by atoms with Crippen LogP contribution in [0.2, 0.25) is 0 Å². The van der Waals surface area contributed by atoms with Crippen LogP contribution in [0, 0.1) is 0 Å². The molecule has 3 nitrogen and oxygen atoms in total. The summed E-state index contributed by atoms with van der Waals surface area (Å²) in [5.41, 5.74) is -0.452. The molecule has 1 saturated carbocycles. The van der Waals surface area contributed by atoms with E-state index in [1.165, 1.54) is 0 Å². The maximum atomic E-state index is 14.5. The molecule has 2 atom stereocenters. The molecular formula is C13H16FN3. The molecular weight excluding hydrogens is 217 g/mol. The fourth-order valence-corrected chi connectivity index (χ4v) is 2.28. The Kier molecular flexibility index (Phi) is 2.31. The maximum absolute atomic E-state index is 14.5. The summed E-state index contributed by atoms with van der Waals surface area (Å²) in [6.07, 6.45) is 0.532. The normalized spacial score (nSPS) is 31.3. The van der Waals surface area contributed by atoms with E-state index in [9.17, 15) is 4.39 Å². The second-order valence-electron chi connectivity index (χ2n) is 4.76. The monoisotopic (exact) mass is 233 g/mol. The highest BCUT2D eigenvalue weighted by molar-refractivity contribution is 5.82. The fraction of sp³-hybridized carbons (Fsp3) is 0.462. The summed E-state index contributed by atoms with van der Waals surface area (Å²) in [6, 6.07) is 9.23. The van der Waals surface area contributed by atoms with Gasteiger partial charge in [-0.1, -0.05) is 30.3 Å². The van der Waals surface area contributed by atoms with Crippen molar-refractivity contribution in [1.82, 2.24) is 10.2 Å². The molecule has 1 fully saturated rings. The molecule has 1 aliphatic heterocycles. The molecule has 2 aliphatic rings. The van der Waals surface area contributed by atoms with Crippen molar-refractivity contribution in [3.63, 3.8) is 0 Å². The van der Waals surface area contributed by atoms with Crippen LogP contribution >= 0.6 is 0 Å². The molecule has 1 aliphatic carbocycles.